The molecule has 2 rings (SSSR count). The minimum Gasteiger partial charge on any atom is -0.598 e. The minimum atomic E-state index is -1.16. The zero-order valence-corrected chi connectivity index (χ0v) is 15.5. The molecule has 1 heterocycles. The van der Waals surface area contributed by atoms with E-state index in [0.717, 1.165) is 21.1 Å². The molecule has 2 aromatic rings. The fourth-order valence-corrected chi connectivity index (χ4v) is 3.43. The van der Waals surface area contributed by atoms with Gasteiger partial charge in [-0.15, -0.1) is 11.3 Å². The number of fused-ring (bicyclic) bond motifs is 1. The molecule has 2 atom stereocenters. The van der Waals surface area contributed by atoms with Crippen LogP contribution in [0.5, 0.6) is 0 Å². The molecule has 118 valence electrons. The molecule has 0 radical (unpaired) electrons. The van der Waals surface area contributed by atoms with Gasteiger partial charge in [0.1, 0.15) is 4.75 Å². The first-order valence-corrected chi connectivity index (χ1v) is 9.11. The van der Waals surface area contributed by atoms with Gasteiger partial charge in [0.2, 0.25) is 0 Å². The molecule has 5 heteroatoms. The number of para-hydroxylation sites is 1. The van der Waals surface area contributed by atoms with Crippen molar-refractivity contribution in [3.63, 3.8) is 0 Å². The Morgan fingerprint density at radius 1 is 1.41 bits per heavy atom. The molecule has 0 bridgehead atoms. The first kappa shape index (κ1) is 17.5. The number of hydrogen-bond acceptors (Lipinski definition) is 3. The molecular formula is C17H21BrN2OS. The van der Waals surface area contributed by atoms with Gasteiger partial charge < -0.3 is 4.55 Å². The van der Waals surface area contributed by atoms with Gasteiger partial charge in [-0.25, -0.2) is 0 Å². The Labute approximate surface area is 143 Å². The lowest BCUT2D eigenvalue weighted by Crippen LogP contribution is -2.41. The fourth-order valence-electron chi connectivity index (χ4n) is 2.03. The summed E-state index contributed by atoms with van der Waals surface area (Å²) in [5.74, 6) is 0. The molecule has 3 nitrogen and oxygen atoms in total. The van der Waals surface area contributed by atoms with Crippen molar-refractivity contribution in [2.75, 3.05) is 0 Å². The minimum absolute atomic E-state index is 0.126. The van der Waals surface area contributed by atoms with Crippen LogP contribution in [0.15, 0.2) is 47.5 Å². The van der Waals surface area contributed by atoms with E-state index < -0.39 is 11.4 Å². The lowest BCUT2D eigenvalue weighted by atomic mass is 10.1. The lowest BCUT2D eigenvalue weighted by Gasteiger charge is -2.27. The second-order valence-electron chi connectivity index (χ2n) is 6.12. The van der Waals surface area contributed by atoms with Gasteiger partial charge in [-0.05, 0) is 39.3 Å². The average Bonchev–Trinajstić information content (AvgIpc) is 2.45. The number of halogens is 1. The van der Waals surface area contributed by atoms with Gasteiger partial charge in [0.05, 0.1) is 17.3 Å². The van der Waals surface area contributed by atoms with Crippen LogP contribution in [-0.2, 0) is 11.4 Å². The topological polar surface area (TPSA) is 48.0 Å². The van der Waals surface area contributed by atoms with E-state index in [1.165, 1.54) is 0 Å². The highest BCUT2D eigenvalue weighted by atomic mass is 79.9. The third-order valence-corrected chi connectivity index (χ3v) is 5.52. The van der Waals surface area contributed by atoms with Crippen LogP contribution in [-0.4, -0.2) is 14.3 Å². The molecular weight excluding hydrogens is 360 g/mol. The van der Waals surface area contributed by atoms with Gasteiger partial charge in [-0.1, -0.05) is 40.2 Å². The predicted molar refractivity (Wildman–Crippen MR) is 98.0 cm³/mol. The van der Waals surface area contributed by atoms with E-state index >= 15 is 0 Å². The fraction of sp³-hybridized carbons (Fsp3) is 0.353. The zero-order chi connectivity index (χ0) is 16.3. The number of aromatic nitrogens is 1. The van der Waals surface area contributed by atoms with Crippen LogP contribution in [0.2, 0.25) is 0 Å². The summed E-state index contributed by atoms with van der Waals surface area (Å²) in [6.45, 7) is 9.65. The van der Waals surface area contributed by atoms with Crippen molar-refractivity contribution in [2.45, 2.75) is 38.0 Å². The highest BCUT2D eigenvalue weighted by Crippen LogP contribution is 2.28. The normalized spacial score (nSPS) is 14.8. The van der Waals surface area contributed by atoms with E-state index in [1.807, 2.05) is 57.2 Å². The molecule has 1 aromatic carbocycles. The SMILES string of the molecule is C=CC[C@H](N[S+]([O-])C(C)(C)C)c1cc(Br)c2ccccc2n1. The predicted octanol–water partition coefficient (Wildman–Crippen LogP) is 4.67. The molecule has 0 aliphatic heterocycles. The molecule has 22 heavy (non-hydrogen) atoms. The van der Waals surface area contributed by atoms with Gasteiger partial charge in [0.25, 0.3) is 0 Å². The molecule has 0 aliphatic rings. The summed E-state index contributed by atoms with van der Waals surface area (Å²) < 4.78 is 16.2. The third kappa shape index (κ3) is 4.10. The first-order chi connectivity index (χ1) is 10.3. The van der Waals surface area contributed by atoms with Gasteiger partial charge in [0, 0.05) is 21.2 Å². The van der Waals surface area contributed by atoms with Crippen LogP contribution in [0.3, 0.4) is 0 Å². The number of nitrogens with one attached hydrogen (secondary N) is 1. The maximum absolute atomic E-state index is 12.4. The highest BCUT2D eigenvalue weighted by Gasteiger charge is 2.30. The zero-order valence-electron chi connectivity index (χ0n) is 13.1. The Morgan fingerprint density at radius 3 is 2.73 bits per heavy atom. The first-order valence-electron chi connectivity index (χ1n) is 7.17. The smallest absolute Gasteiger partial charge is 0.136 e. The molecule has 0 saturated carbocycles. The molecule has 0 aliphatic carbocycles. The van der Waals surface area contributed by atoms with Crippen molar-refractivity contribution >= 4 is 38.2 Å². The van der Waals surface area contributed by atoms with Crippen LogP contribution >= 0.6 is 15.9 Å². The summed E-state index contributed by atoms with van der Waals surface area (Å²) in [5, 5.41) is 1.07. The van der Waals surface area contributed by atoms with Gasteiger partial charge in [-0.3, -0.25) is 4.98 Å². The number of nitrogens with zero attached hydrogens (tertiary/aromatic N) is 1. The second kappa shape index (κ2) is 7.13. The largest absolute Gasteiger partial charge is 0.598 e. The Morgan fingerprint density at radius 2 is 2.09 bits per heavy atom. The summed E-state index contributed by atoms with van der Waals surface area (Å²) >= 11 is 2.44. The van der Waals surface area contributed by atoms with Crippen molar-refractivity contribution in [3.8, 4) is 0 Å². The summed E-state index contributed by atoms with van der Waals surface area (Å²) in [4.78, 5) is 4.72. The Hall–Kier alpha value is -0.880. The summed E-state index contributed by atoms with van der Waals surface area (Å²) in [6.07, 6.45) is 2.49. The maximum atomic E-state index is 12.4. The average molecular weight is 381 g/mol. The molecule has 1 N–H and O–H groups in total. The van der Waals surface area contributed by atoms with Crippen molar-refractivity contribution in [2.24, 2.45) is 0 Å². The van der Waals surface area contributed by atoms with Gasteiger partial charge in [0.15, 0.2) is 0 Å². The van der Waals surface area contributed by atoms with E-state index in [9.17, 15) is 4.55 Å². The van der Waals surface area contributed by atoms with Crippen molar-refractivity contribution in [1.29, 1.82) is 0 Å². The maximum Gasteiger partial charge on any atom is 0.136 e. The van der Waals surface area contributed by atoms with Crippen LogP contribution < -0.4 is 4.72 Å². The number of hydrogen-bond donors (Lipinski definition) is 1. The van der Waals surface area contributed by atoms with E-state index in [4.69, 9.17) is 4.98 Å². The number of pyridine rings is 1. The Balaban J connectivity index is 2.38. The highest BCUT2D eigenvalue weighted by molar-refractivity contribution is 9.10. The molecule has 1 aromatic heterocycles. The van der Waals surface area contributed by atoms with E-state index in [2.05, 4.69) is 27.2 Å². The van der Waals surface area contributed by atoms with E-state index in [-0.39, 0.29) is 10.8 Å². The molecule has 0 fully saturated rings. The monoisotopic (exact) mass is 380 g/mol. The summed E-state index contributed by atoms with van der Waals surface area (Å²) in [6, 6.07) is 9.83. The van der Waals surface area contributed by atoms with Gasteiger partial charge in [-0.2, -0.15) is 0 Å². The summed E-state index contributed by atoms with van der Waals surface area (Å²) in [7, 11) is 0. The van der Waals surface area contributed by atoms with E-state index in [1.54, 1.807) is 0 Å². The van der Waals surface area contributed by atoms with Crippen LogP contribution in [0, 0.1) is 0 Å². The number of benzene rings is 1. The third-order valence-electron chi connectivity index (χ3n) is 3.25. The standard InChI is InChI=1S/C17H21BrN2OS/c1-5-8-15(20-22(21)17(2,3)4)16-11-13(18)12-9-6-7-10-14(12)19-16/h5-7,9-11,15,20H,1,8H2,2-4H3/t15-,22?/m0/s1. The van der Waals surface area contributed by atoms with Crippen molar-refractivity contribution < 1.29 is 4.55 Å². The quantitative estimate of drug-likeness (QED) is 0.605. The number of rotatable bonds is 5. The van der Waals surface area contributed by atoms with Crippen molar-refractivity contribution in [1.82, 2.24) is 9.71 Å². The van der Waals surface area contributed by atoms with Gasteiger partial charge >= 0.3 is 0 Å². The van der Waals surface area contributed by atoms with Crippen molar-refractivity contribution in [3.05, 3.63) is 53.2 Å². The molecule has 0 amide bonds. The molecule has 1 unspecified atom stereocenters. The second-order valence-corrected chi connectivity index (χ2v) is 8.97. The molecule has 0 saturated heterocycles. The Bertz CT molecular complexity index is 669. The summed E-state index contributed by atoms with van der Waals surface area (Å²) in [5.41, 5.74) is 1.78. The Kier molecular flexibility index (Phi) is 5.66. The van der Waals surface area contributed by atoms with Crippen LogP contribution in [0.25, 0.3) is 10.9 Å². The lowest BCUT2D eigenvalue weighted by molar-refractivity contribution is 0.521. The van der Waals surface area contributed by atoms with E-state index in [0.29, 0.717) is 6.42 Å². The van der Waals surface area contributed by atoms with Crippen LogP contribution in [0.4, 0.5) is 0 Å². The molecule has 0 spiro atoms. The van der Waals surface area contributed by atoms with Crippen LogP contribution in [0.1, 0.15) is 38.9 Å².